The van der Waals surface area contributed by atoms with Gasteiger partial charge in [0.2, 0.25) is 5.91 Å². The van der Waals surface area contributed by atoms with Crippen molar-refractivity contribution in [1.82, 2.24) is 0 Å². The van der Waals surface area contributed by atoms with Crippen LogP contribution in [0.25, 0.3) is 0 Å². The van der Waals surface area contributed by atoms with Crippen LogP contribution >= 0.6 is 0 Å². The maximum absolute atomic E-state index is 11.1. The first-order valence-corrected chi connectivity index (χ1v) is 5.07. The SMILES string of the molecule is O=C1Cc2cc(NCCCO)ccc2N1. The average Bonchev–Trinajstić information content (AvgIpc) is 2.57. The molecule has 0 fully saturated rings. The highest BCUT2D eigenvalue weighted by Crippen LogP contribution is 2.25. The van der Waals surface area contributed by atoms with Crippen LogP contribution in [0.4, 0.5) is 11.4 Å². The molecule has 15 heavy (non-hydrogen) atoms. The minimum Gasteiger partial charge on any atom is -0.396 e. The molecule has 1 aliphatic heterocycles. The van der Waals surface area contributed by atoms with Gasteiger partial charge in [-0.2, -0.15) is 0 Å². The maximum Gasteiger partial charge on any atom is 0.228 e. The minimum atomic E-state index is 0.0532. The summed E-state index contributed by atoms with van der Waals surface area (Å²) in [7, 11) is 0. The van der Waals surface area contributed by atoms with Crippen LogP contribution in [0, 0.1) is 0 Å². The van der Waals surface area contributed by atoms with Gasteiger partial charge in [-0.15, -0.1) is 0 Å². The fourth-order valence-corrected chi connectivity index (χ4v) is 1.65. The van der Waals surface area contributed by atoms with Crippen molar-refractivity contribution in [2.24, 2.45) is 0 Å². The molecule has 4 nitrogen and oxygen atoms in total. The smallest absolute Gasteiger partial charge is 0.228 e. The highest BCUT2D eigenvalue weighted by Gasteiger charge is 2.16. The number of aliphatic hydroxyl groups excluding tert-OH is 1. The number of benzene rings is 1. The summed E-state index contributed by atoms with van der Waals surface area (Å²) < 4.78 is 0. The topological polar surface area (TPSA) is 61.4 Å². The zero-order valence-electron chi connectivity index (χ0n) is 8.42. The molecule has 0 unspecified atom stereocenters. The first kappa shape index (κ1) is 9.98. The molecule has 0 aromatic heterocycles. The van der Waals surface area contributed by atoms with Gasteiger partial charge in [0.15, 0.2) is 0 Å². The third-order valence-corrected chi connectivity index (χ3v) is 2.39. The van der Waals surface area contributed by atoms with Crippen molar-refractivity contribution in [2.75, 3.05) is 23.8 Å². The lowest BCUT2D eigenvalue weighted by Gasteiger charge is -2.06. The van der Waals surface area contributed by atoms with Crippen LogP contribution in [-0.2, 0) is 11.2 Å². The first-order valence-electron chi connectivity index (χ1n) is 5.07. The summed E-state index contributed by atoms with van der Waals surface area (Å²) in [6.07, 6.45) is 1.19. The summed E-state index contributed by atoms with van der Waals surface area (Å²) in [5.74, 6) is 0.0532. The van der Waals surface area contributed by atoms with Crippen LogP contribution in [0.15, 0.2) is 18.2 Å². The lowest BCUT2D eigenvalue weighted by atomic mass is 10.1. The zero-order valence-corrected chi connectivity index (χ0v) is 8.42. The lowest BCUT2D eigenvalue weighted by molar-refractivity contribution is -0.115. The van der Waals surface area contributed by atoms with Gasteiger partial charge in [-0.05, 0) is 30.2 Å². The summed E-state index contributed by atoms with van der Waals surface area (Å²) in [5, 5.41) is 14.6. The molecular formula is C11H14N2O2. The fraction of sp³-hybridized carbons (Fsp3) is 0.364. The molecule has 0 aliphatic carbocycles. The van der Waals surface area contributed by atoms with E-state index in [0.29, 0.717) is 6.42 Å². The molecule has 1 amide bonds. The lowest BCUT2D eigenvalue weighted by Crippen LogP contribution is -2.03. The molecule has 0 radical (unpaired) electrons. The van der Waals surface area contributed by atoms with Gasteiger partial charge in [-0.3, -0.25) is 4.79 Å². The Hall–Kier alpha value is -1.55. The zero-order chi connectivity index (χ0) is 10.7. The van der Waals surface area contributed by atoms with Gasteiger partial charge >= 0.3 is 0 Å². The molecule has 0 atom stereocenters. The van der Waals surface area contributed by atoms with Gasteiger partial charge in [0.05, 0.1) is 6.42 Å². The maximum atomic E-state index is 11.1. The predicted octanol–water partition coefficient (Wildman–Crippen LogP) is 0.975. The monoisotopic (exact) mass is 206 g/mol. The third kappa shape index (κ3) is 2.27. The van der Waals surface area contributed by atoms with E-state index in [1.807, 2.05) is 18.2 Å². The van der Waals surface area contributed by atoms with E-state index in [4.69, 9.17) is 5.11 Å². The van der Waals surface area contributed by atoms with E-state index in [2.05, 4.69) is 10.6 Å². The molecule has 0 saturated carbocycles. The quantitative estimate of drug-likeness (QED) is 0.643. The van der Waals surface area contributed by atoms with Crippen molar-refractivity contribution >= 4 is 17.3 Å². The number of nitrogens with one attached hydrogen (secondary N) is 2. The first-order chi connectivity index (χ1) is 7.29. The minimum absolute atomic E-state index is 0.0532. The van der Waals surface area contributed by atoms with Crippen LogP contribution in [0.3, 0.4) is 0 Å². The summed E-state index contributed by atoms with van der Waals surface area (Å²) in [6, 6.07) is 5.81. The fourth-order valence-electron chi connectivity index (χ4n) is 1.65. The summed E-state index contributed by atoms with van der Waals surface area (Å²) >= 11 is 0. The van der Waals surface area contributed by atoms with Crippen molar-refractivity contribution in [3.63, 3.8) is 0 Å². The van der Waals surface area contributed by atoms with Crippen molar-refractivity contribution in [2.45, 2.75) is 12.8 Å². The molecule has 1 aliphatic rings. The van der Waals surface area contributed by atoms with Crippen molar-refractivity contribution in [3.05, 3.63) is 23.8 Å². The second-order valence-corrected chi connectivity index (χ2v) is 3.60. The Morgan fingerprint density at radius 3 is 3.13 bits per heavy atom. The van der Waals surface area contributed by atoms with E-state index < -0.39 is 0 Å². The molecule has 4 heteroatoms. The van der Waals surface area contributed by atoms with Crippen molar-refractivity contribution < 1.29 is 9.90 Å². The van der Waals surface area contributed by atoms with E-state index in [-0.39, 0.29) is 12.5 Å². The van der Waals surface area contributed by atoms with Gasteiger partial charge in [-0.1, -0.05) is 0 Å². The molecule has 0 saturated heterocycles. The second kappa shape index (κ2) is 4.31. The molecular weight excluding hydrogens is 192 g/mol. The van der Waals surface area contributed by atoms with Gasteiger partial charge < -0.3 is 15.7 Å². The number of carbonyl (C=O) groups excluding carboxylic acids is 1. The summed E-state index contributed by atoms with van der Waals surface area (Å²) in [5.41, 5.74) is 2.94. The Kier molecular flexibility index (Phi) is 2.87. The van der Waals surface area contributed by atoms with Crippen LogP contribution < -0.4 is 10.6 Å². The van der Waals surface area contributed by atoms with Crippen LogP contribution in [0.5, 0.6) is 0 Å². The average molecular weight is 206 g/mol. The van der Waals surface area contributed by atoms with Crippen LogP contribution in [-0.4, -0.2) is 24.2 Å². The number of anilines is 2. The summed E-state index contributed by atoms with van der Waals surface area (Å²) in [6.45, 7) is 0.939. The Labute approximate surface area is 88.3 Å². The molecule has 0 bridgehead atoms. The highest BCUT2D eigenvalue weighted by atomic mass is 16.3. The van der Waals surface area contributed by atoms with Crippen molar-refractivity contribution in [1.29, 1.82) is 0 Å². The molecule has 1 heterocycles. The second-order valence-electron chi connectivity index (χ2n) is 3.60. The Morgan fingerprint density at radius 2 is 2.33 bits per heavy atom. The molecule has 1 aromatic rings. The Morgan fingerprint density at radius 1 is 1.47 bits per heavy atom. The number of carbonyl (C=O) groups is 1. The van der Waals surface area contributed by atoms with E-state index in [9.17, 15) is 4.79 Å². The van der Waals surface area contributed by atoms with Crippen LogP contribution in [0.2, 0.25) is 0 Å². The molecule has 3 N–H and O–H groups in total. The molecule has 80 valence electrons. The molecule has 2 rings (SSSR count). The number of aliphatic hydroxyl groups is 1. The van der Waals surface area contributed by atoms with Gasteiger partial charge in [0.1, 0.15) is 0 Å². The van der Waals surface area contributed by atoms with Crippen LogP contribution in [0.1, 0.15) is 12.0 Å². The third-order valence-electron chi connectivity index (χ3n) is 2.39. The number of hydrogen-bond donors (Lipinski definition) is 3. The van der Waals surface area contributed by atoms with E-state index in [1.165, 1.54) is 0 Å². The molecule has 0 spiro atoms. The Bertz CT molecular complexity index is 377. The standard InChI is InChI=1S/C11H14N2O2/c14-5-1-4-12-9-2-3-10-8(6-9)7-11(15)13-10/h2-3,6,12,14H,1,4-5,7H2,(H,13,15). The number of amides is 1. The summed E-state index contributed by atoms with van der Waals surface area (Å²) in [4.78, 5) is 11.1. The highest BCUT2D eigenvalue weighted by molar-refractivity contribution is 5.99. The van der Waals surface area contributed by atoms with E-state index in [0.717, 1.165) is 29.9 Å². The number of rotatable bonds is 4. The normalized spacial score (nSPS) is 13.5. The number of hydrogen-bond acceptors (Lipinski definition) is 3. The van der Waals surface area contributed by atoms with E-state index in [1.54, 1.807) is 0 Å². The van der Waals surface area contributed by atoms with Gasteiger partial charge in [0, 0.05) is 24.5 Å². The predicted molar refractivity (Wildman–Crippen MR) is 59.0 cm³/mol. The Balaban J connectivity index is 2.03. The van der Waals surface area contributed by atoms with Gasteiger partial charge in [-0.25, -0.2) is 0 Å². The molecule has 1 aromatic carbocycles. The number of fused-ring (bicyclic) bond motifs is 1. The van der Waals surface area contributed by atoms with Crippen molar-refractivity contribution in [3.8, 4) is 0 Å². The van der Waals surface area contributed by atoms with Gasteiger partial charge in [0.25, 0.3) is 0 Å². The largest absolute Gasteiger partial charge is 0.396 e. The van der Waals surface area contributed by atoms with E-state index >= 15 is 0 Å².